The van der Waals surface area contributed by atoms with Crippen molar-refractivity contribution in [3.8, 4) is 0 Å². The Balaban J connectivity index is 2.25. The van der Waals surface area contributed by atoms with Crippen LogP contribution in [0.1, 0.15) is 36.4 Å². The molecule has 0 aliphatic carbocycles. The third kappa shape index (κ3) is 2.15. The summed E-state index contributed by atoms with van der Waals surface area (Å²) >= 11 is 0. The second-order valence-corrected chi connectivity index (χ2v) is 7.06. The first-order valence-corrected chi connectivity index (χ1v) is 8.48. The Morgan fingerprint density at radius 2 is 1.59 bits per heavy atom. The summed E-state index contributed by atoms with van der Waals surface area (Å²) in [5.41, 5.74) is 0.731. The van der Waals surface area contributed by atoms with Gasteiger partial charge in [-0.1, -0.05) is 0 Å². The van der Waals surface area contributed by atoms with Crippen LogP contribution in [0.25, 0.3) is 5.57 Å². The summed E-state index contributed by atoms with van der Waals surface area (Å²) in [7, 11) is 0. The van der Waals surface area contributed by atoms with E-state index >= 15 is 8.63 Å². The van der Waals surface area contributed by atoms with E-state index in [1.807, 2.05) is 0 Å². The highest BCUT2D eigenvalue weighted by Gasteiger charge is 2.55. The topological polar surface area (TPSA) is 7.94 Å². The lowest BCUT2D eigenvalue weighted by atomic mass is 9.83. The van der Waals surface area contributed by atoms with Crippen LogP contribution in [-0.2, 0) is 0 Å². The number of hydrogen-bond donors (Lipinski definition) is 0. The molecule has 8 heteroatoms. The minimum absolute atomic E-state index is 0.00889. The van der Waals surface area contributed by atoms with Gasteiger partial charge >= 0.3 is 6.97 Å². The highest BCUT2D eigenvalue weighted by molar-refractivity contribution is 6.58. The van der Waals surface area contributed by atoms with Crippen LogP contribution in [0.2, 0.25) is 0 Å². The fourth-order valence-electron chi connectivity index (χ4n) is 4.29. The van der Waals surface area contributed by atoms with Crippen molar-refractivity contribution in [1.29, 1.82) is 0 Å². The number of allylic oxidation sites excluding steroid dienone is 2. The summed E-state index contributed by atoms with van der Waals surface area (Å²) < 4.78 is 75.7. The second kappa shape index (κ2) is 5.44. The van der Waals surface area contributed by atoms with E-state index in [2.05, 4.69) is 0 Å². The zero-order chi connectivity index (χ0) is 19.8. The van der Waals surface area contributed by atoms with Gasteiger partial charge in [0.05, 0.1) is 11.1 Å². The molecule has 4 rings (SSSR count). The van der Waals surface area contributed by atoms with Gasteiger partial charge in [0.2, 0.25) is 0 Å². The molecule has 0 fully saturated rings. The third-order valence-electron chi connectivity index (χ3n) is 5.23. The maximum atomic E-state index is 15.4. The molecule has 2 aliphatic heterocycles. The monoisotopic (exact) mass is 378 g/mol. The number of nitrogens with zero attached hydrogens (tertiary/aromatic N) is 2. The molecule has 0 radical (unpaired) electrons. The minimum atomic E-state index is -4.26. The molecule has 0 unspecified atom stereocenters. The number of aryl methyl sites for hydroxylation is 2. The summed E-state index contributed by atoms with van der Waals surface area (Å²) in [4.78, 5) is 0. The highest BCUT2D eigenvalue weighted by atomic mass is 19.2. The lowest BCUT2D eigenvalue weighted by Gasteiger charge is -2.34. The van der Waals surface area contributed by atoms with Crippen LogP contribution in [0.5, 0.6) is 0 Å². The average molecular weight is 378 g/mol. The van der Waals surface area contributed by atoms with Crippen LogP contribution in [-0.4, -0.2) is 21.6 Å². The molecule has 0 bridgehead atoms. The van der Waals surface area contributed by atoms with Gasteiger partial charge in [-0.2, -0.15) is 0 Å². The van der Waals surface area contributed by atoms with Crippen LogP contribution >= 0.6 is 0 Å². The van der Waals surface area contributed by atoms with Crippen LogP contribution in [0, 0.1) is 31.3 Å². The van der Waals surface area contributed by atoms with Crippen molar-refractivity contribution in [3.63, 3.8) is 0 Å². The number of aromatic nitrogens is 1. The molecule has 1 aromatic carbocycles. The van der Waals surface area contributed by atoms with E-state index in [0.29, 0.717) is 17.2 Å². The summed E-state index contributed by atoms with van der Waals surface area (Å²) in [6.07, 6.45) is 1.54. The Labute approximate surface area is 153 Å². The van der Waals surface area contributed by atoms with E-state index < -0.39 is 30.0 Å². The molecule has 3 heterocycles. The highest BCUT2D eigenvalue weighted by Crippen LogP contribution is 2.45. The number of rotatable bonds is 1. The molecule has 2 nitrogen and oxygen atoms in total. The number of halogens is 5. The number of fused-ring (bicyclic) bond motifs is 2. The lowest BCUT2D eigenvalue weighted by molar-refractivity contribution is -0.363. The molecular weight excluding hydrogens is 362 g/mol. The Hall–Kier alpha value is -2.64. The van der Waals surface area contributed by atoms with Crippen LogP contribution in [0.15, 0.2) is 35.5 Å². The van der Waals surface area contributed by atoms with Gasteiger partial charge in [-0.05, 0) is 50.2 Å². The van der Waals surface area contributed by atoms with Crippen LogP contribution in [0.4, 0.5) is 21.8 Å². The summed E-state index contributed by atoms with van der Waals surface area (Å²) in [5, 5.41) is 0. The van der Waals surface area contributed by atoms with Crippen molar-refractivity contribution in [3.05, 3.63) is 75.5 Å². The SMILES string of the molecule is CC1=CC(C)=[N+]2C1=C(c1c(F)ccc(F)c1F)c1c(C)cc(C)n1[B-]2(F)F. The minimum Gasteiger partial charge on any atom is -0.393 e. The Morgan fingerprint density at radius 3 is 2.26 bits per heavy atom. The second-order valence-electron chi connectivity index (χ2n) is 7.06. The van der Waals surface area contributed by atoms with Crippen LogP contribution < -0.4 is 0 Å². The van der Waals surface area contributed by atoms with E-state index in [1.54, 1.807) is 13.8 Å². The molecule has 0 N–H and O–H groups in total. The maximum Gasteiger partial charge on any atom is 0.737 e. The molecule has 0 spiro atoms. The van der Waals surface area contributed by atoms with Crippen molar-refractivity contribution < 1.29 is 26.3 Å². The molecular formula is C19H16BF5N2. The van der Waals surface area contributed by atoms with Gasteiger partial charge in [-0.25, -0.2) is 13.2 Å². The lowest BCUT2D eigenvalue weighted by Crippen LogP contribution is -2.51. The molecule has 0 atom stereocenters. The summed E-state index contributed by atoms with van der Waals surface area (Å²) in [6, 6.07) is 3.03. The van der Waals surface area contributed by atoms with Crippen molar-refractivity contribution >= 4 is 18.3 Å². The molecule has 0 amide bonds. The largest absolute Gasteiger partial charge is 0.737 e. The van der Waals surface area contributed by atoms with E-state index in [9.17, 15) is 13.2 Å². The van der Waals surface area contributed by atoms with Gasteiger partial charge in [-0.15, -0.1) is 0 Å². The summed E-state index contributed by atoms with van der Waals surface area (Å²) in [5.74, 6) is -3.63. The van der Waals surface area contributed by atoms with Gasteiger partial charge in [0, 0.05) is 24.3 Å². The van der Waals surface area contributed by atoms with Crippen molar-refractivity contribution in [2.75, 3.05) is 0 Å². The quantitative estimate of drug-likeness (QED) is 0.377. The zero-order valence-electron chi connectivity index (χ0n) is 15.2. The number of benzene rings is 1. The first-order chi connectivity index (χ1) is 12.6. The molecule has 27 heavy (non-hydrogen) atoms. The zero-order valence-corrected chi connectivity index (χ0v) is 15.2. The number of hydrogen-bond acceptors (Lipinski definition) is 0. The average Bonchev–Trinajstić information content (AvgIpc) is 3.04. The third-order valence-corrected chi connectivity index (χ3v) is 5.23. The first kappa shape index (κ1) is 17.8. The molecule has 2 aliphatic rings. The fourth-order valence-corrected chi connectivity index (χ4v) is 4.29. The molecule has 1 aromatic heterocycles. The molecule has 0 saturated heterocycles. The molecule has 0 saturated carbocycles. The molecule has 140 valence electrons. The van der Waals surface area contributed by atoms with Crippen LogP contribution in [0.3, 0.4) is 0 Å². The van der Waals surface area contributed by atoms with E-state index in [1.165, 1.54) is 26.0 Å². The normalized spacial score (nSPS) is 18.0. The summed E-state index contributed by atoms with van der Waals surface area (Å²) in [6.45, 7) is 1.96. The molecule has 2 aromatic rings. The fraction of sp³-hybridized carbons (Fsp3) is 0.211. The van der Waals surface area contributed by atoms with E-state index in [0.717, 1.165) is 15.0 Å². The van der Waals surface area contributed by atoms with Crippen molar-refractivity contribution in [1.82, 2.24) is 4.48 Å². The van der Waals surface area contributed by atoms with E-state index in [-0.39, 0.29) is 28.4 Å². The first-order valence-electron chi connectivity index (χ1n) is 8.48. The predicted octanol–water partition coefficient (Wildman–Crippen LogP) is 4.95. The van der Waals surface area contributed by atoms with Gasteiger partial charge in [0.1, 0.15) is 11.5 Å². The van der Waals surface area contributed by atoms with E-state index in [4.69, 9.17) is 0 Å². The van der Waals surface area contributed by atoms with Gasteiger partial charge < -0.3 is 17.6 Å². The Kier molecular flexibility index (Phi) is 3.58. The van der Waals surface area contributed by atoms with Gasteiger partial charge in [0.15, 0.2) is 17.3 Å². The van der Waals surface area contributed by atoms with Gasteiger partial charge in [0.25, 0.3) is 0 Å². The Bertz CT molecular complexity index is 1120. The van der Waals surface area contributed by atoms with Gasteiger partial charge in [-0.3, -0.25) is 0 Å². The predicted molar refractivity (Wildman–Crippen MR) is 94.3 cm³/mol. The van der Waals surface area contributed by atoms with Crippen molar-refractivity contribution in [2.45, 2.75) is 27.7 Å². The smallest absolute Gasteiger partial charge is 0.393 e. The van der Waals surface area contributed by atoms with Crippen molar-refractivity contribution in [2.24, 2.45) is 0 Å². The maximum absolute atomic E-state index is 15.4. The Morgan fingerprint density at radius 1 is 0.963 bits per heavy atom. The standard InChI is InChI=1S/C19H16BF5N2/c1-9-7-11(3)26-18(9)16(15-13(21)5-6-14(22)17(15)23)19-10(2)8-12(4)27(19)20(26,24)25/h5-8H,1-4H3.